The summed E-state index contributed by atoms with van der Waals surface area (Å²) in [5.74, 6) is 0.180. The van der Waals surface area contributed by atoms with Crippen LogP contribution in [0.25, 0.3) is 0 Å². The van der Waals surface area contributed by atoms with Crippen LogP contribution in [-0.4, -0.2) is 26.8 Å². The van der Waals surface area contributed by atoms with E-state index in [0.717, 1.165) is 5.69 Å². The summed E-state index contributed by atoms with van der Waals surface area (Å²) in [6.07, 6.45) is -0.473. The first-order chi connectivity index (χ1) is 7.33. The third-order valence-corrected chi connectivity index (χ3v) is 2.85. The Hall–Kier alpha value is -1.13. The van der Waals surface area contributed by atoms with Crippen molar-refractivity contribution in [3.63, 3.8) is 0 Å². The minimum Gasteiger partial charge on any atom is -0.506 e. The normalized spacial score (nSPS) is 13.8. The lowest BCUT2D eigenvalue weighted by Gasteiger charge is -2.29. The van der Waals surface area contributed by atoms with Crippen LogP contribution < -0.4 is 5.32 Å². The van der Waals surface area contributed by atoms with Gasteiger partial charge in [0.05, 0.1) is 11.8 Å². The molecule has 0 radical (unpaired) electrons. The van der Waals surface area contributed by atoms with E-state index in [0.29, 0.717) is 12.2 Å². The van der Waals surface area contributed by atoms with Crippen molar-refractivity contribution in [2.75, 3.05) is 0 Å². The van der Waals surface area contributed by atoms with Gasteiger partial charge in [0.15, 0.2) is 0 Å². The van der Waals surface area contributed by atoms with Gasteiger partial charge in [-0.3, -0.25) is 4.98 Å². The van der Waals surface area contributed by atoms with Crippen molar-refractivity contribution in [3.8, 4) is 5.75 Å². The van der Waals surface area contributed by atoms with Gasteiger partial charge in [-0.15, -0.1) is 0 Å². The maximum atomic E-state index is 9.61. The van der Waals surface area contributed by atoms with E-state index in [2.05, 4.69) is 10.3 Å². The molecule has 0 saturated carbocycles. The summed E-state index contributed by atoms with van der Waals surface area (Å²) in [6.45, 7) is 7.86. The van der Waals surface area contributed by atoms with Crippen LogP contribution in [0.5, 0.6) is 5.75 Å². The third-order valence-electron chi connectivity index (χ3n) is 2.85. The Kier molecular flexibility index (Phi) is 3.88. The van der Waals surface area contributed by atoms with E-state index in [1.54, 1.807) is 19.1 Å². The summed E-state index contributed by atoms with van der Waals surface area (Å²) in [5, 5.41) is 22.3. The Morgan fingerprint density at radius 1 is 1.44 bits per heavy atom. The van der Waals surface area contributed by atoms with Gasteiger partial charge in [-0.1, -0.05) is 0 Å². The first-order valence-corrected chi connectivity index (χ1v) is 5.41. The Labute approximate surface area is 96.3 Å². The molecule has 16 heavy (non-hydrogen) atoms. The Morgan fingerprint density at radius 3 is 2.62 bits per heavy atom. The molecule has 1 atom stereocenters. The van der Waals surface area contributed by atoms with Gasteiger partial charge in [0.1, 0.15) is 5.75 Å². The monoisotopic (exact) mass is 224 g/mol. The standard InChI is InChI=1S/C12H20N2O2/c1-8-5-6-11(16)10(14-8)7-13-12(3,4)9(2)15/h5-6,9,13,15-16H,7H2,1-4H3. The number of aliphatic hydroxyl groups is 1. The van der Waals surface area contributed by atoms with Crippen LogP contribution in [0, 0.1) is 6.92 Å². The van der Waals surface area contributed by atoms with Gasteiger partial charge in [0, 0.05) is 17.8 Å². The molecule has 0 saturated heterocycles. The molecule has 1 unspecified atom stereocenters. The number of hydrogen-bond donors (Lipinski definition) is 3. The molecule has 4 heteroatoms. The van der Waals surface area contributed by atoms with Crippen molar-refractivity contribution >= 4 is 0 Å². The molecular formula is C12H20N2O2. The highest BCUT2D eigenvalue weighted by Gasteiger charge is 2.23. The van der Waals surface area contributed by atoms with E-state index in [1.807, 2.05) is 20.8 Å². The van der Waals surface area contributed by atoms with E-state index in [9.17, 15) is 10.2 Å². The Balaban J connectivity index is 2.71. The van der Waals surface area contributed by atoms with Crippen LogP contribution in [0.1, 0.15) is 32.2 Å². The SMILES string of the molecule is Cc1ccc(O)c(CNC(C)(C)C(C)O)n1. The van der Waals surface area contributed by atoms with Gasteiger partial charge >= 0.3 is 0 Å². The van der Waals surface area contributed by atoms with Crippen LogP contribution in [-0.2, 0) is 6.54 Å². The second kappa shape index (κ2) is 4.80. The number of pyridine rings is 1. The number of nitrogens with zero attached hydrogens (tertiary/aromatic N) is 1. The second-order valence-corrected chi connectivity index (χ2v) is 4.67. The first-order valence-electron chi connectivity index (χ1n) is 5.41. The molecule has 1 aromatic rings. The lowest BCUT2D eigenvalue weighted by atomic mass is 9.99. The van der Waals surface area contributed by atoms with Crippen LogP contribution in [0.3, 0.4) is 0 Å². The predicted molar refractivity (Wildman–Crippen MR) is 63.2 cm³/mol. The fourth-order valence-corrected chi connectivity index (χ4v) is 1.19. The zero-order chi connectivity index (χ0) is 12.3. The van der Waals surface area contributed by atoms with Crippen LogP contribution in [0.15, 0.2) is 12.1 Å². The molecule has 4 nitrogen and oxygen atoms in total. The molecule has 0 spiro atoms. The largest absolute Gasteiger partial charge is 0.506 e. The van der Waals surface area contributed by atoms with Crippen LogP contribution >= 0.6 is 0 Å². The summed E-state index contributed by atoms with van der Waals surface area (Å²) in [6, 6.07) is 3.40. The summed E-state index contributed by atoms with van der Waals surface area (Å²) in [4.78, 5) is 4.24. The van der Waals surface area contributed by atoms with Crippen molar-refractivity contribution in [3.05, 3.63) is 23.5 Å². The van der Waals surface area contributed by atoms with Gasteiger partial charge in [-0.25, -0.2) is 0 Å². The highest BCUT2D eigenvalue weighted by atomic mass is 16.3. The minimum absolute atomic E-state index is 0.180. The quantitative estimate of drug-likeness (QED) is 0.722. The lowest BCUT2D eigenvalue weighted by molar-refractivity contribution is 0.0952. The fraction of sp³-hybridized carbons (Fsp3) is 0.583. The van der Waals surface area contributed by atoms with Gasteiger partial charge < -0.3 is 15.5 Å². The highest BCUT2D eigenvalue weighted by molar-refractivity contribution is 5.27. The number of aliphatic hydroxyl groups excluding tert-OH is 1. The number of aryl methyl sites for hydroxylation is 1. The van der Waals surface area contributed by atoms with Crippen molar-refractivity contribution in [1.29, 1.82) is 0 Å². The molecule has 0 fully saturated rings. The average molecular weight is 224 g/mol. The van der Waals surface area contributed by atoms with Crippen LogP contribution in [0.4, 0.5) is 0 Å². The average Bonchev–Trinajstić information content (AvgIpc) is 2.19. The maximum Gasteiger partial charge on any atom is 0.138 e. The van der Waals surface area contributed by atoms with Crippen molar-refractivity contribution < 1.29 is 10.2 Å². The minimum atomic E-state index is -0.473. The topological polar surface area (TPSA) is 65.4 Å². The Bertz CT molecular complexity index is 362. The summed E-state index contributed by atoms with van der Waals surface area (Å²) < 4.78 is 0. The van der Waals surface area contributed by atoms with Crippen molar-refractivity contribution in [2.24, 2.45) is 0 Å². The van der Waals surface area contributed by atoms with Gasteiger partial charge in [-0.05, 0) is 39.8 Å². The second-order valence-electron chi connectivity index (χ2n) is 4.67. The summed E-state index contributed by atoms with van der Waals surface area (Å²) in [5.41, 5.74) is 1.07. The fourth-order valence-electron chi connectivity index (χ4n) is 1.19. The third kappa shape index (κ3) is 3.18. The molecular weight excluding hydrogens is 204 g/mol. The zero-order valence-corrected chi connectivity index (χ0v) is 10.3. The van der Waals surface area contributed by atoms with Gasteiger partial charge in [-0.2, -0.15) is 0 Å². The summed E-state index contributed by atoms with van der Waals surface area (Å²) >= 11 is 0. The maximum absolute atomic E-state index is 9.61. The number of aromatic hydroxyl groups is 1. The molecule has 0 aliphatic heterocycles. The van der Waals surface area contributed by atoms with Gasteiger partial charge in [0.25, 0.3) is 0 Å². The molecule has 90 valence electrons. The number of hydrogen-bond acceptors (Lipinski definition) is 4. The van der Waals surface area contributed by atoms with E-state index in [4.69, 9.17) is 0 Å². The van der Waals surface area contributed by atoms with Gasteiger partial charge in [0.2, 0.25) is 0 Å². The van der Waals surface area contributed by atoms with E-state index < -0.39 is 11.6 Å². The smallest absolute Gasteiger partial charge is 0.138 e. The molecule has 1 heterocycles. The molecule has 3 N–H and O–H groups in total. The first kappa shape index (κ1) is 12.9. The molecule has 1 rings (SSSR count). The molecule has 0 aromatic carbocycles. The molecule has 0 aliphatic carbocycles. The zero-order valence-electron chi connectivity index (χ0n) is 10.3. The molecule has 0 aliphatic rings. The molecule has 0 amide bonds. The van der Waals surface area contributed by atoms with Crippen molar-refractivity contribution in [1.82, 2.24) is 10.3 Å². The molecule has 0 bridgehead atoms. The highest BCUT2D eigenvalue weighted by Crippen LogP contribution is 2.16. The Morgan fingerprint density at radius 2 is 2.06 bits per heavy atom. The van der Waals surface area contributed by atoms with E-state index in [-0.39, 0.29) is 5.75 Å². The number of aromatic nitrogens is 1. The summed E-state index contributed by atoms with van der Waals surface area (Å²) in [7, 11) is 0. The van der Waals surface area contributed by atoms with Crippen LogP contribution in [0.2, 0.25) is 0 Å². The lowest BCUT2D eigenvalue weighted by Crippen LogP contribution is -2.47. The predicted octanol–water partition coefficient (Wildman–Crippen LogP) is 1.34. The van der Waals surface area contributed by atoms with Crippen molar-refractivity contribution in [2.45, 2.75) is 45.9 Å². The number of nitrogens with one attached hydrogen (secondary N) is 1. The van der Waals surface area contributed by atoms with E-state index in [1.165, 1.54) is 0 Å². The van der Waals surface area contributed by atoms with E-state index >= 15 is 0 Å². The number of rotatable bonds is 4. The molecule has 1 aromatic heterocycles.